The van der Waals surface area contributed by atoms with Gasteiger partial charge in [-0.3, -0.25) is 19.1 Å². The molecule has 298 valence electrons. The molecule has 1 saturated heterocycles. The number of ether oxygens (including phenoxy) is 3. The van der Waals surface area contributed by atoms with Crippen molar-refractivity contribution >= 4 is 44.7 Å². The Bertz CT molecular complexity index is 2120. The van der Waals surface area contributed by atoms with Crippen LogP contribution < -0.4 is 24.8 Å². The SMILES string of the molecule is COc1ccc2c(O[C@@H]3C[C@H]4C(=O)N[C@]5(C(=O)NS(=O)(=O)C6CC6)CC5/C=C\CCCCC[C@H](NC(=O)OCCF)C(=O)N4C3)cc(-c3ccccc3)nc2c1. The van der Waals surface area contributed by atoms with Crippen molar-refractivity contribution < 1.29 is 46.2 Å². The number of hydrogen-bond donors (Lipinski definition) is 3. The summed E-state index contributed by atoms with van der Waals surface area (Å²) in [5.41, 5.74) is 0.522. The maximum atomic E-state index is 14.5. The number of fused-ring (bicyclic) bond motifs is 3. The normalized spacial score (nSPS) is 26.1. The Hall–Kier alpha value is -5.25. The monoisotopic (exact) mass is 791 g/mol. The Balaban J connectivity index is 1.22. The third-order valence-corrected chi connectivity index (χ3v) is 12.6. The van der Waals surface area contributed by atoms with Gasteiger partial charge in [0.25, 0.3) is 5.91 Å². The van der Waals surface area contributed by atoms with Gasteiger partial charge in [-0.15, -0.1) is 0 Å². The highest BCUT2D eigenvalue weighted by Gasteiger charge is 2.62. The zero-order chi connectivity index (χ0) is 39.5. The molecule has 1 unspecified atom stereocenters. The summed E-state index contributed by atoms with van der Waals surface area (Å²) < 4.78 is 57.8. The van der Waals surface area contributed by atoms with E-state index in [4.69, 9.17) is 19.2 Å². The van der Waals surface area contributed by atoms with Gasteiger partial charge in [0.05, 0.1) is 30.1 Å². The number of sulfonamides is 1. The zero-order valence-electron chi connectivity index (χ0n) is 31.1. The van der Waals surface area contributed by atoms with Gasteiger partial charge in [-0.05, 0) is 50.7 Å². The second-order valence-electron chi connectivity index (χ2n) is 14.8. The number of alkyl halides is 1. The van der Waals surface area contributed by atoms with E-state index in [9.17, 15) is 32.0 Å². The number of hydrogen-bond acceptors (Lipinski definition) is 10. The van der Waals surface area contributed by atoms with Crippen molar-refractivity contribution in [2.24, 2.45) is 5.92 Å². The molecule has 3 N–H and O–H groups in total. The predicted octanol–water partition coefficient (Wildman–Crippen LogP) is 4.33. The van der Waals surface area contributed by atoms with E-state index in [1.165, 1.54) is 4.90 Å². The molecule has 2 saturated carbocycles. The topological polar surface area (TPSA) is 182 Å². The molecular weight excluding hydrogens is 746 g/mol. The fourth-order valence-electron chi connectivity index (χ4n) is 7.50. The van der Waals surface area contributed by atoms with Crippen LogP contribution >= 0.6 is 0 Å². The highest BCUT2D eigenvalue weighted by Crippen LogP contribution is 2.46. The molecule has 4 aliphatic rings. The van der Waals surface area contributed by atoms with Crippen molar-refractivity contribution in [3.8, 4) is 22.8 Å². The summed E-state index contributed by atoms with van der Waals surface area (Å²) in [7, 11) is -2.36. The summed E-state index contributed by atoms with van der Waals surface area (Å²) in [6.07, 6.45) is 6.06. The lowest BCUT2D eigenvalue weighted by Gasteiger charge is -2.29. The Labute approximate surface area is 324 Å². The Morgan fingerprint density at radius 2 is 1.86 bits per heavy atom. The third kappa shape index (κ3) is 8.59. The van der Waals surface area contributed by atoms with E-state index in [0.29, 0.717) is 60.2 Å². The molecule has 7 rings (SSSR count). The first kappa shape index (κ1) is 39.0. The van der Waals surface area contributed by atoms with Crippen LogP contribution in [0, 0.1) is 5.92 Å². The van der Waals surface area contributed by atoms with Crippen LogP contribution in [0.4, 0.5) is 9.18 Å². The van der Waals surface area contributed by atoms with E-state index in [-0.39, 0.29) is 25.8 Å². The number of allylic oxidation sites excluding steroid dienone is 1. The highest BCUT2D eigenvalue weighted by molar-refractivity contribution is 7.91. The van der Waals surface area contributed by atoms with Crippen LogP contribution in [-0.2, 0) is 29.1 Å². The molecule has 3 aromatic rings. The number of halogens is 1. The minimum absolute atomic E-state index is 0.00973. The summed E-state index contributed by atoms with van der Waals surface area (Å²) in [5, 5.41) is 5.45. The van der Waals surface area contributed by atoms with E-state index < -0.39 is 82.0 Å². The van der Waals surface area contributed by atoms with Crippen LogP contribution in [0.25, 0.3) is 22.2 Å². The number of amides is 4. The van der Waals surface area contributed by atoms with E-state index in [1.807, 2.05) is 48.6 Å². The number of pyridine rings is 1. The summed E-state index contributed by atoms with van der Waals surface area (Å²) >= 11 is 0. The van der Waals surface area contributed by atoms with Crippen LogP contribution in [0.15, 0.2) is 66.7 Å². The summed E-state index contributed by atoms with van der Waals surface area (Å²) in [4.78, 5) is 61.5. The number of aromatic nitrogens is 1. The zero-order valence-corrected chi connectivity index (χ0v) is 31.9. The second kappa shape index (κ2) is 16.5. The number of carbonyl (C=O) groups is 4. The number of rotatable bonds is 10. The van der Waals surface area contributed by atoms with E-state index in [0.717, 1.165) is 12.0 Å². The lowest BCUT2D eigenvalue weighted by atomic mass is 10.0. The summed E-state index contributed by atoms with van der Waals surface area (Å²) in [6, 6.07) is 14.4. The fourth-order valence-corrected chi connectivity index (χ4v) is 8.86. The van der Waals surface area contributed by atoms with Gasteiger partial charge in [0.2, 0.25) is 21.8 Å². The maximum absolute atomic E-state index is 14.5. The van der Waals surface area contributed by atoms with Crippen LogP contribution in [0.2, 0.25) is 0 Å². The Morgan fingerprint density at radius 3 is 2.61 bits per heavy atom. The summed E-state index contributed by atoms with van der Waals surface area (Å²) in [5.74, 6) is -1.47. The molecule has 16 heteroatoms. The lowest BCUT2D eigenvalue weighted by Crippen LogP contribution is -2.58. The second-order valence-corrected chi connectivity index (χ2v) is 16.7. The predicted molar refractivity (Wildman–Crippen MR) is 204 cm³/mol. The smallest absolute Gasteiger partial charge is 0.407 e. The third-order valence-electron chi connectivity index (χ3n) is 10.8. The fraction of sp³-hybridized carbons (Fsp3) is 0.475. The molecule has 14 nitrogen and oxygen atoms in total. The van der Waals surface area contributed by atoms with Crippen LogP contribution in [-0.4, -0.2) is 98.0 Å². The first-order valence-electron chi connectivity index (χ1n) is 19.1. The van der Waals surface area contributed by atoms with Gasteiger partial charge in [-0.1, -0.05) is 55.3 Å². The lowest BCUT2D eigenvalue weighted by molar-refractivity contribution is -0.141. The molecule has 2 aromatic carbocycles. The summed E-state index contributed by atoms with van der Waals surface area (Å²) in [6.45, 7) is -1.44. The van der Waals surface area contributed by atoms with Gasteiger partial charge in [-0.25, -0.2) is 22.6 Å². The molecule has 0 bridgehead atoms. The van der Waals surface area contributed by atoms with Gasteiger partial charge in [0.1, 0.15) is 48.5 Å². The largest absolute Gasteiger partial charge is 0.497 e. The van der Waals surface area contributed by atoms with Crippen molar-refractivity contribution in [3.05, 3.63) is 66.7 Å². The number of benzene rings is 2. The quantitative estimate of drug-likeness (QED) is 0.250. The first-order valence-corrected chi connectivity index (χ1v) is 20.6. The van der Waals surface area contributed by atoms with Gasteiger partial charge in [0.15, 0.2) is 0 Å². The van der Waals surface area contributed by atoms with E-state index >= 15 is 0 Å². The van der Waals surface area contributed by atoms with Crippen molar-refractivity contribution in [3.63, 3.8) is 0 Å². The minimum Gasteiger partial charge on any atom is -0.497 e. The minimum atomic E-state index is -3.92. The number of methoxy groups -OCH3 is 1. The van der Waals surface area contributed by atoms with Gasteiger partial charge < -0.3 is 29.7 Å². The molecule has 2 aliphatic heterocycles. The van der Waals surface area contributed by atoms with Crippen molar-refractivity contribution in [1.82, 2.24) is 25.2 Å². The standard InChI is InChI=1S/C40H46FN5O9S/c1-53-27-14-17-30-33(20-27)42-32(25-10-6-5-7-11-25)22-35(30)55-28-21-34-36(47)44-40(38(49)45-56(51,52)29-15-16-29)23-26(40)12-8-3-2-4-9-13-31(37(48)46(34)24-28)43-39(50)54-19-18-41/h5-8,10-12,14,17,20,22,26,28-29,31,34H,2-4,9,13,15-16,18-19,21,23-24H2,1H3,(H,43,50)(H,44,47)(H,45,49)/b12-8-/t26?,28-,31+,34+,40-/m1/s1. The number of nitrogens with zero attached hydrogens (tertiary/aromatic N) is 2. The maximum Gasteiger partial charge on any atom is 0.407 e. The van der Waals surface area contributed by atoms with Crippen molar-refractivity contribution in [1.29, 1.82) is 0 Å². The Kier molecular flexibility index (Phi) is 11.5. The van der Waals surface area contributed by atoms with Crippen molar-refractivity contribution in [2.45, 2.75) is 86.8 Å². The van der Waals surface area contributed by atoms with E-state index in [1.54, 1.807) is 25.3 Å². The average Bonchev–Trinajstić information content (AvgIpc) is 4.12. The molecule has 2 aliphatic carbocycles. The molecular formula is C40H46FN5O9S. The molecule has 5 atom stereocenters. The van der Waals surface area contributed by atoms with Gasteiger partial charge in [0, 0.05) is 35.4 Å². The van der Waals surface area contributed by atoms with Crippen LogP contribution in [0.5, 0.6) is 11.5 Å². The van der Waals surface area contributed by atoms with Crippen LogP contribution in [0.1, 0.15) is 57.8 Å². The molecule has 0 radical (unpaired) electrons. The number of alkyl carbamates (subject to hydrolysis) is 1. The average molecular weight is 792 g/mol. The van der Waals surface area contributed by atoms with Crippen molar-refractivity contribution in [2.75, 3.05) is 26.9 Å². The first-order chi connectivity index (χ1) is 27.0. The molecule has 3 heterocycles. The molecule has 3 fully saturated rings. The molecule has 56 heavy (non-hydrogen) atoms. The Morgan fingerprint density at radius 1 is 1.05 bits per heavy atom. The van der Waals surface area contributed by atoms with Gasteiger partial charge in [-0.2, -0.15) is 0 Å². The molecule has 1 aromatic heterocycles. The molecule has 4 amide bonds. The van der Waals surface area contributed by atoms with Crippen LogP contribution in [0.3, 0.4) is 0 Å². The number of nitrogens with one attached hydrogen (secondary N) is 3. The number of carbonyl (C=O) groups excluding carboxylic acids is 4. The van der Waals surface area contributed by atoms with Gasteiger partial charge >= 0.3 is 6.09 Å². The molecule has 0 spiro atoms. The highest BCUT2D eigenvalue weighted by atomic mass is 32.2. The van der Waals surface area contributed by atoms with E-state index in [2.05, 4.69) is 15.4 Å².